The number of sulfonamides is 1. The second-order valence-electron chi connectivity index (χ2n) is 7.45. The summed E-state index contributed by atoms with van der Waals surface area (Å²) >= 11 is 5.76. The highest BCUT2D eigenvalue weighted by Crippen LogP contribution is 2.29. The Kier molecular flexibility index (Phi) is 7.81. The van der Waals surface area contributed by atoms with Gasteiger partial charge in [0, 0.05) is 50.7 Å². The number of benzene rings is 2. The minimum atomic E-state index is -4.35. The van der Waals surface area contributed by atoms with E-state index in [2.05, 4.69) is 9.62 Å². The fourth-order valence-corrected chi connectivity index (χ4v) is 4.52. The summed E-state index contributed by atoms with van der Waals surface area (Å²) in [6.45, 7) is 2.61. The quantitative estimate of drug-likeness (QED) is 0.647. The number of hydrogen-bond acceptors (Lipinski definition) is 4. The number of nitrogens with one attached hydrogen (secondary N) is 1. The van der Waals surface area contributed by atoms with E-state index >= 15 is 0 Å². The standard InChI is InChI=1S/C21H23ClF3N3O3S/c22-18-5-7-19(8-6-18)32(30,31)26-10-9-20(29)28-13-11-27(12-14-28)15-16-1-3-17(4-2-16)21(23,24)25/h1-8,26H,9-15H2. The molecule has 0 saturated carbocycles. The summed E-state index contributed by atoms with van der Waals surface area (Å²) in [6, 6.07) is 10.8. The van der Waals surface area contributed by atoms with Crippen molar-refractivity contribution in [1.29, 1.82) is 0 Å². The van der Waals surface area contributed by atoms with Gasteiger partial charge in [0.1, 0.15) is 0 Å². The molecule has 1 heterocycles. The molecule has 1 amide bonds. The fraction of sp³-hybridized carbons (Fsp3) is 0.381. The van der Waals surface area contributed by atoms with Crippen LogP contribution in [0, 0.1) is 0 Å². The summed E-state index contributed by atoms with van der Waals surface area (Å²) < 4.78 is 64.9. The molecule has 6 nitrogen and oxygen atoms in total. The molecule has 0 atom stereocenters. The first-order chi connectivity index (χ1) is 15.0. The molecule has 1 saturated heterocycles. The predicted molar refractivity (Wildman–Crippen MR) is 115 cm³/mol. The molecule has 0 aliphatic carbocycles. The van der Waals surface area contributed by atoms with E-state index in [9.17, 15) is 26.4 Å². The summed E-state index contributed by atoms with van der Waals surface area (Å²) in [6.07, 6.45) is -4.32. The van der Waals surface area contributed by atoms with Gasteiger partial charge in [-0.3, -0.25) is 9.69 Å². The van der Waals surface area contributed by atoms with Crippen molar-refractivity contribution in [1.82, 2.24) is 14.5 Å². The van der Waals surface area contributed by atoms with Crippen molar-refractivity contribution in [2.24, 2.45) is 0 Å². The van der Waals surface area contributed by atoms with Gasteiger partial charge in [-0.25, -0.2) is 13.1 Å². The first kappa shape index (κ1) is 24.5. The minimum absolute atomic E-state index is 0.0183. The van der Waals surface area contributed by atoms with Crippen LogP contribution in [0.2, 0.25) is 5.02 Å². The maximum atomic E-state index is 12.7. The number of amides is 1. The van der Waals surface area contributed by atoms with Crippen LogP contribution in [0.15, 0.2) is 53.4 Å². The number of halogens is 4. The van der Waals surface area contributed by atoms with E-state index in [1.807, 2.05) is 0 Å². The monoisotopic (exact) mass is 489 g/mol. The van der Waals surface area contributed by atoms with E-state index in [-0.39, 0.29) is 23.8 Å². The van der Waals surface area contributed by atoms with E-state index in [4.69, 9.17) is 11.6 Å². The third-order valence-electron chi connectivity index (χ3n) is 5.17. The van der Waals surface area contributed by atoms with Crippen LogP contribution in [0.1, 0.15) is 17.5 Å². The van der Waals surface area contributed by atoms with E-state index in [1.165, 1.54) is 36.4 Å². The molecule has 0 aromatic heterocycles. The zero-order valence-electron chi connectivity index (χ0n) is 17.1. The Morgan fingerprint density at radius 1 is 0.969 bits per heavy atom. The number of hydrogen-bond donors (Lipinski definition) is 1. The largest absolute Gasteiger partial charge is 0.416 e. The lowest BCUT2D eigenvalue weighted by molar-refractivity contribution is -0.137. The van der Waals surface area contributed by atoms with Gasteiger partial charge in [-0.1, -0.05) is 23.7 Å². The maximum Gasteiger partial charge on any atom is 0.416 e. The Labute approximate surface area is 190 Å². The molecule has 2 aromatic carbocycles. The molecule has 32 heavy (non-hydrogen) atoms. The molecule has 0 radical (unpaired) electrons. The van der Waals surface area contributed by atoms with Gasteiger partial charge in [-0.2, -0.15) is 13.2 Å². The summed E-state index contributed by atoms with van der Waals surface area (Å²) in [5, 5.41) is 0.427. The minimum Gasteiger partial charge on any atom is -0.340 e. The smallest absolute Gasteiger partial charge is 0.340 e. The Bertz CT molecular complexity index is 1020. The number of nitrogens with zero attached hydrogens (tertiary/aromatic N) is 2. The van der Waals surface area contributed by atoms with Crippen molar-refractivity contribution in [2.75, 3.05) is 32.7 Å². The van der Waals surface area contributed by atoms with E-state index in [0.29, 0.717) is 37.7 Å². The van der Waals surface area contributed by atoms with E-state index in [1.54, 1.807) is 4.90 Å². The molecular formula is C21H23ClF3N3O3S. The zero-order chi connectivity index (χ0) is 23.4. The van der Waals surface area contributed by atoms with Crippen molar-refractivity contribution >= 4 is 27.5 Å². The number of carbonyl (C=O) groups is 1. The van der Waals surface area contributed by atoms with Crippen LogP contribution in [0.3, 0.4) is 0 Å². The molecule has 3 rings (SSSR count). The lowest BCUT2D eigenvalue weighted by Gasteiger charge is -2.34. The molecule has 1 N–H and O–H groups in total. The van der Waals surface area contributed by atoms with Crippen LogP contribution in [-0.4, -0.2) is 56.8 Å². The number of carbonyl (C=O) groups excluding carboxylic acids is 1. The van der Waals surface area contributed by atoms with Crippen molar-refractivity contribution < 1.29 is 26.4 Å². The molecule has 11 heteroatoms. The third kappa shape index (κ3) is 6.68. The van der Waals surface area contributed by atoms with Crippen LogP contribution in [-0.2, 0) is 27.5 Å². The lowest BCUT2D eigenvalue weighted by atomic mass is 10.1. The molecule has 1 fully saturated rings. The van der Waals surface area contributed by atoms with Gasteiger partial charge in [0.05, 0.1) is 10.5 Å². The van der Waals surface area contributed by atoms with Crippen LogP contribution >= 0.6 is 11.6 Å². The predicted octanol–water partition coefficient (Wildman–Crippen LogP) is 3.37. The molecular weight excluding hydrogens is 467 g/mol. The molecule has 1 aliphatic heterocycles. The topological polar surface area (TPSA) is 69.7 Å². The summed E-state index contributed by atoms with van der Waals surface area (Å²) in [5.74, 6) is -0.155. The summed E-state index contributed by atoms with van der Waals surface area (Å²) in [4.78, 5) is 16.2. The highest BCUT2D eigenvalue weighted by Gasteiger charge is 2.30. The van der Waals surface area contributed by atoms with Crippen molar-refractivity contribution in [3.63, 3.8) is 0 Å². The Morgan fingerprint density at radius 2 is 1.56 bits per heavy atom. The van der Waals surface area contributed by atoms with Crippen molar-refractivity contribution in [3.8, 4) is 0 Å². The number of piperazine rings is 1. The SMILES string of the molecule is O=C(CCNS(=O)(=O)c1ccc(Cl)cc1)N1CCN(Cc2ccc(C(F)(F)F)cc2)CC1. The second kappa shape index (κ2) is 10.2. The first-order valence-corrected chi connectivity index (χ1v) is 11.8. The Hall–Kier alpha value is -2.14. The fourth-order valence-electron chi connectivity index (χ4n) is 3.36. The number of rotatable bonds is 7. The van der Waals surface area contributed by atoms with Crippen LogP contribution in [0.25, 0.3) is 0 Å². The Morgan fingerprint density at radius 3 is 2.12 bits per heavy atom. The van der Waals surface area contributed by atoms with Gasteiger partial charge in [0.15, 0.2) is 0 Å². The van der Waals surface area contributed by atoms with Crippen molar-refractivity contribution in [3.05, 3.63) is 64.7 Å². The summed E-state index contributed by atoms with van der Waals surface area (Å²) in [7, 11) is -3.72. The normalized spacial score (nSPS) is 15.7. The highest BCUT2D eigenvalue weighted by atomic mass is 35.5. The molecule has 0 unspecified atom stereocenters. The number of alkyl halides is 3. The van der Waals surface area contributed by atoms with Gasteiger partial charge >= 0.3 is 6.18 Å². The average molecular weight is 490 g/mol. The van der Waals surface area contributed by atoms with Gasteiger partial charge in [0.25, 0.3) is 0 Å². The van der Waals surface area contributed by atoms with Crippen molar-refractivity contribution in [2.45, 2.75) is 24.0 Å². The second-order valence-corrected chi connectivity index (χ2v) is 9.66. The van der Waals surface area contributed by atoms with Gasteiger partial charge in [-0.15, -0.1) is 0 Å². The molecule has 2 aromatic rings. The van der Waals surface area contributed by atoms with E-state index in [0.717, 1.165) is 17.7 Å². The van der Waals surface area contributed by atoms with Gasteiger partial charge in [0.2, 0.25) is 15.9 Å². The van der Waals surface area contributed by atoms with E-state index < -0.39 is 21.8 Å². The molecule has 0 bridgehead atoms. The van der Waals surface area contributed by atoms with Crippen LogP contribution in [0.5, 0.6) is 0 Å². The highest BCUT2D eigenvalue weighted by molar-refractivity contribution is 7.89. The molecule has 0 spiro atoms. The molecule has 174 valence electrons. The molecule has 1 aliphatic rings. The third-order valence-corrected chi connectivity index (χ3v) is 6.90. The van der Waals surface area contributed by atoms with Crippen LogP contribution < -0.4 is 4.72 Å². The first-order valence-electron chi connectivity index (χ1n) is 9.96. The van der Waals surface area contributed by atoms with Crippen LogP contribution in [0.4, 0.5) is 13.2 Å². The van der Waals surface area contributed by atoms with Gasteiger partial charge < -0.3 is 4.90 Å². The lowest BCUT2D eigenvalue weighted by Crippen LogP contribution is -2.48. The average Bonchev–Trinajstić information content (AvgIpc) is 2.74. The zero-order valence-corrected chi connectivity index (χ0v) is 18.7. The van der Waals surface area contributed by atoms with Gasteiger partial charge in [-0.05, 0) is 42.0 Å². The summed E-state index contributed by atoms with van der Waals surface area (Å²) in [5.41, 5.74) is 0.0951. The maximum absolute atomic E-state index is 12.7. The Balaban J connectivity index is 1.42.